The third kappa shape index (κ3) is 1.60. The Morgan fingerprint density at radius 3 is 2.53 bits per heavy atom. The molecule has 2 heteroatoms. The van der Waals surface area contributed by atoms with Crippen molar-refractivity contribution in [3.63, 3.8) is 0 Å². The quantitative estimate of drug-likeness (QED) is 0.743. The van der Waals surface area contributed by atoms with Crippen molar-refractivity contribution < 1.29 is 0 Å². The molecule has 0 aliphatic heterocycles. The van der Waals surface area contributed by atoms with Gasteiger partial charge in [0.2, 0.25) is 0 Å². The molecule has 0 radical (unpaired) electrons. The van der Waals surface area contributed by atoms with E-state index in [2.05, 4.69) is 50.7 Å². The third-order valence-electron chi connectivity index (χ3n) is 4.12. The number of aromatic nitrogens is 2. The fourth-order valence-electron chi connectivity index (χ4n) is 2.26. The fraction of sp³-hybridized carbons (Fsp3) is 0.769. The van der Waals surface area contributed by atoms with E-state index in [0.29, 0.717) is 5.41 Å². The van der Waals surface area contributed by atoms with Crippen LogP contribution in [0, 0.1) is 0 Å². The topological polar surface area (TPSA) is 17.8 Å². The van der Waals surface area contributed by atoms with E-state index < -0.39 is 0 Å². The minimum atomic E-state index is 0.259. The SMILES string of the molecule is CCC(C)(C)c1cnn(C)c1C1(C)CC1. The maximum Gasteiger partial charge on any atom is 0.0530 e. The average Bonchev–Trinajstić information content (AvgIpc) is 2.77. The lowest BCUT2D eigenvalue weighted by Crippen LogP contribution is -2.21. The molecule has 0 saturated heterocycles. The molecule has 1 fully saturated rings. The number of hydrogen-bond donors (Lipinski definition) is 0. The van der Waals surface area contributed by atoms with E-state index in [0.717, 1.165) is 0 Å². The van der Waals surface area contributed by atoms with Gasteiger partial charge in [-0.05, 0) is 30.2 Å². The number of nitrogens with zero attached hydrogens (tertiary/aromatic N) is 2. The highest BCUT2D eigenvalue weighted by Crippen LogP contribution is 2.50. The first kappa shape index (κ1) is 10.7. The van der Waals surface area contributed by atoms with E-state index in [9.17, 15) is 0 Å². The van der Waals surface area contributed by atoms with Gasteiger partial charge in [-0.3, -0.25) is 4.68 Å². The van der Waals surface area contributed by atoms with Crippen LogP contribution in [0.1, 0.15) is 58.2 Å². The van der Waals surface area contributed by atoms with Gasteiger partial charge in [0.1, 0.15) is 0 Å². The lowest BCUT2D eigenvalue weighted by Gasteiger charge is -2.25. The van der Waals surface area contributed by atoms with Crippen molar-refractivity contribution in [3.05, 3.63) is 17.5 Å². The van der Waals surface area contributed by atoms with E-state index in [4.69, 9.17) is 0 Å². The molecule has 0 N–H and O–H groups in total. The predicted molar refractivity (Wildman–Crippen MR) is 63.1 cm³/mol. The molecule has 2 nitrogen and oxygen atoms in total. The zero-order valence-corrected chi connectivity index (χ0v) is 10.6. The molecule has 15 heavy (non-hydrogen) atoms. The first-order valence-electron chi connectivity index (χ1n) is 5.94. The lowest BCUT2D eigenvalue weighted by atomic mass is 9.80. The van der Waals surface area contributed by atoms with Gasteiger partial charge in [-0.15, -0.1) is 0 Å². The van der Waals surface area contributed by atoms with Crippen LogP contribution in [0.5, 0.6) is 0 Å². The number of hydrogen-bond acceptors (Lipinski definition) is 1. The molecule has 1 saturated carbocycles. The Balaban J connectivity index is 2.49. The van der Waals surface area contributed by atoms with E-state index in [1.807, 2.05) is 0 Å². The van der Waals surface area contributed by atoms with Crippen molar-refractivity contribution in [3.8, 4) is 0 Å². The van der Waals surface area contributed by atoms with Gasteiger partial charge in [0.15, 0.2) is 0 Å². The van der Waals surface area contributed by atoms with Gasteiger partial charge >= 0.3 is 0 Å². The Kier molecular flexibility index (Phi) is 2.21. The van der Waals surface area contributed by atoms with E-state index in [-0.39, 0.29) is 5.41 Å². The molecule has 2 rings (SSSR count). The molecule has 0 amide bonds. The molecule has 1 aliphatic rings. The van der Waals surface area contributed by atoms with Crippen molar-refractivity contribution in [2.24, 2.45) is 7.05 Å². The Hall–Kier alpha value is -0.790. The van der Waals surface area contributed by atoms with Gasteiger partial charge in [-0.1, -0.05) is 27.7 Å². The second-order valence-corrected chi connectivity index (χ2v) is 5.83. The van der Waals surface area contributed by atoms with Gasteiger partial charge in [-0.2, -0.15) is 5.10 Å². The van der Waals surface area contributed by atoms with E-state index >= 15 is 0 Å². The van der Waals surface area contributed by atoms with Crippen molar-refractivity contribution in [2.45, 2.75) is 57.8 Å². The summed E-state index contributed by atoms with van der Waals surface area (Å²) in [6.07, 6.45) is 5.88. The third-order valence-corrected chi connectivity index (χ3v) is 4.12. The summed E-state index contributed by atoms with van der Waals surface area (Å²) in [7, 11) is 2.08. The first-order valence-corrected chi connectivity index (χ1v) is 5.94. The largest absolute Gasteiger partial charge is 0.272 e. The summed E-state index contributed by atoms with van der Waals surface area (Å²) >= 11 is 0. The predicted octanol–water partition coefficient (Wildman–Crippen LogP) is 3.16. The highest BCUT2D eigenvalue weighted by Gasteiger charge is 2.45. The van der Waals surface area contributed by atoms with Crippen LogP contribution in [0.2, 0.25) is 0 Å². The monoisotopic (exact) mass is 206 g/mol. The summed E-state index contributed by atoms with van der Waals surface area (Å²) < 4.78 is 2.08. The van der Waals surface area contributed by atoms with Crippen LogP contribution in [-0.4, -0.2) is 9.78 Å². The second-order valence-electron chi connectivity index (χ2n) is 5.83. The number of aryl methyl sites for hydroxylation is 1. The molecule has 0 unspecified atom stereocenters. The zero-order valence-electron chi connectivity index (χ0n) is 10.6. The van der Waals surface area contributed by atoms with Crippen LogP contribution in [0.3, 0.4) is 0 Å². The van der Waals surface area contributed by atoms with Gasteiger partial charge in [0.05, 0.1) is 6.20 Å². The van der Waals surface area contributed by atoms with Crippen LogP contribution < -0.4 is 0 Å². The molecule has 1 aromatic rings. The minimum Gasteiger partial charge on any atom is -0.272 e. The van der Waals surface area contributed by atoms with Crippen LogP contribution in [0.4, 0.5) is 0 Å². The number of rotatable bonds is 3. The summed E-state index contributed by atoms with van der Waals surface area (Å²) in [5, 5.41) is 4.45. The standard InChI is InChI=1S/C13H22N2/c1-6-12(2,3)10-9-14-15(5)11(10)13(4)7-8-13/h9H,6-8H2,1-5H3. The summed E-state index contributed by atoms with van der Waals surface area (Å²) in [4.78, 5) is 0. The Morgan fingerprint density at radius 2 is 2.07 bits per heavy atom. The van der Waals surface area contributed by atoms with Gasteiger partial charge in [0, 0.05) is 18.2 Å². The molecule has 0 aromatic carbocycles. The Bertz CT molecular complexity index is 370. The van der Waals surface area contributed by atoms with Crippen molar-refractivity contribution in [1.29, 1.82) is 0 Å². The highest BCUT2D eigenvalue weighted by atomic mass is 15.3. The fourth-order valence-corrected chi connectivity index (χ4v) is 2.26. The van der Waals surface area contributed by atoms with Crippen molar-refractivity contribution in [2.75, 3.05) is 0 Å². The molecule has 1 aliphatic carbocycles. The normalized spacial score (nSPS) is 19.3. The lowest BCUT2D eigenvalue weighted by molar-refractivity contribution is 0.490. The summed E-state index contributed by atoms with van der Waals surface area (Å²) in [6.45, 7) is 9.25. The van der Waals surface area contributed by atoms with E-state index in [1.165, 1.54) is 30.5 Å². The molecule has 1 aromatic heterocycles. The smallest absolute Gasteiger partial charge is 0.0530 e. The van der Waals surface area contributed by atoms with Crippen LogP contribution in [-0.2, 0) is 17.9 Å². The molecule has 0 spiro atoms. The molecular weight excluding hydrogens is 184 g/mol. The maximum absolute atomic E-state index is 4.45. The maximum atomic E-state index is 4.45. The summed E-state index contributed by atoms with van der Waals surface area (Å²) in [5.74, 6) is 0. The Morgan fingerprint density at radius 1 is 1.47 bits per heavy atom. The molecule has 0 atom stereocenters. The second kappa shape index (κ2) is 3.10. The van der Waals surface area contributed by atoms with Gasteiger partial charge in [-0.25, -0.2) is 0 Å². The average molecular weight is 206 g/mol. The zero-order chi connectivity index (χ0) is 11.3. The van der Waals surface area contributed by atoms with Gasteiger partial charge in [0.25, 0.3) is 0 Å². The van der Waals surface area contributed by atoms with Gasteiger partial charge < -0.3 is 0 Å². The molecule has 84 valence electrons. The summed E-state index contributed by atoms with van der Waals surface area (Å²) in [5.41, 5.74) is 3.59. The van der Waals surface area contributed by atoms with Crippen LogP contribution >= 0.6 is 0 Å². The van der Waals surface area contributed by atoms with Crippen molar-refractivity contribution >= 4 is 0 Å². The molecular formula is C13H22N2. The summed E-state index contributed by atoms with van der Waals surface area (Å²) in [6, 6.07) is 0. The molecule has 1 heterocycles. The highest BCUT2D eigenvalue weighted by molar-refractivity contribution is 5.36. The Labute approximate surface area is 92.7 Å². The minimum absolute atomic E-state index is 0.259. The first-order chi connectivity index (χ1) is 6.91. The van der Waals surface area contributed by atoms with Crippen LogP contribution in [0.25, 0.3) is 0 Å². The van der Waals surface area contributed by atoms with Crippen LogP contribution in [0.15, 0.2) is 6.20 Å². The van der Waals surface area contributed by atoms with E-state index in [1.54, 1.807) is 0 Å². The van der Waals surface area contributed by atoms with Crippen molar-refractivity contribution in [1.82, 2.24) is 9.78 Å². The molecule has 0 bridgehead atoms.